The second-order valence-corrected chi connectivity index (χ2v) is 11.1. The number of piperidine rings is 2. The third-order valence-electron chi connectivity index (χ3n) is 8.15. The minimum atomic E-state index is -0.0626. The summed E-state index contributed by atoms with van der Waals surface area (Å²) in [7, 11) is 0. The number of nitrogens with one attached hydrogen (secondary N) is 2. The highest BCUT2D eigenvalue weighted by molar-refractivity contribution is 6.30. The van der Waals surface area contributed by atoms with E-state index in [1.807, 2.05) is 40.1 Å². The van der Waals surface area contributed by atoms with E-state index in [4.69, 9.17) is 16.0 Å². The molecule has 0 bridgehead atoms. The van der Waals surface area contributed by atoms with Gasteiger partial charge in [0, 0.05) is 41.9 Å². The van der Waals surface area contributed by atoms with Crippen LogP contribution in [0.4, 0.5) is 10.5 Å². The maximum absolute atomic E-state index is 13.1. The lowest BCUT2D eigenvalue weighted by atomic mass is 9.89. The predicted molar refractivity (Wildman–Crippen MR) is 149 cm³/mol. The zero-order chi connectivity index (χ0) is 26.8. The highest BCUT2D eigenvalue weighted by Crippen LogP contribution is 2.32. The number of benzene rings is 2. The van der Waals surface area contributed by atoms with Gasteiger partial charge in [0.1, 0.15) is 6.42 Å². The van der Waals surface area contributed by atoms with Crippen LogP contribution in [0.25, 0.3) is 11.5 Å². The van der Waals surface area contributed by atoms with Gasteiger partial charge in [-0.15, -0.1) is 10.2 Å². The van der Waals surface area contributed by atoms with E-state index in [9.17, 15) is 9.59 Å². The van der Waals surface area contributed by atoms with Crippen molar-refractivity contribution in [2.45, 2.75) is 50.5 Å². The molecule has 0 spiro atoms. The Morgan fingerprint density at radius 3 is 2.64 bits per heavy atom. The molecule has 0 atom stereocenters. The van der Waals surface area contributed by atoms with Crippen LogP contribution in [0, 0.1) is 0 Å². The van der Waals surface area contributed by atoms with E-state index in [0.717, 1.165) is 62.0 Å². The number of rotatable bonds is 5. The number of nitrogens with zero attached hydrogens (tertiary/aromatic N) is 4. The van der Waals surface area contributed by atoms with Gasteiger partial charge < -0.3 is 24.9 Å². The highest BCUT2D eigenvalue weighted by Gasteiger charge is 2.31. The number of para-hydroxylation sites is 1. The molecule has 2 fully saturated rings. The number of amides is 3. The fourth-order valence-electron chi connectivity index (χ4n) is 5.97. The van der Waals surface area contributed by atoms with E-state index in [1.54, 1.807) is 0 Å². The smallest absolute Gasteiger partial charge is 0.322 e. The van der Waals surface area contributed by atoms with Crippen LogP contribution >= 0.6 is 11.6 Å². The van der Waals surface area contributed by atoms with Crippen molar-refractivity contribution in [2.75, 3.05) is 38.0 Å². The Labute approximate surface area is 232 Å². The molecule has 3 amide bonds. The van der Waals surface area contributed by atoms with Crippen molar-refractivity contribution in [2.24, 2.45) is 0 Å². The third kappa shape index (κ3) is 5.79. The zero-order valence-electron chi connectivity index (χ0n) is 21.9. The van der Waals surface area contributed by atoms with Crippen LogP contribution < -0.4 is 10.6 Å². The summed E-state index contributed by atoms with van der Waals surface area (Å²) in [6.07, 6.45) is 4.49. The molecular formula is C29H33ClN6O3. The fourth-order valence-corrected chi connectivity index (χ4v) is 6.22. The van der Waals surface area contributed by atoms with E-state index in [2.05, 4.69) is 33.0 Å². The molecule has 2 saturated heterocycles. The number of hydrogen-bond acceptors (Lipinski definition) is 6. The first-order valence-corrected chi connectivity index (χ1v) is 14.2. The van der Waals surface area contributed by atoms with Gasteiger partial charge in [0.15, 0.2) is 0 Å². The summed E-state index contributed by atoms with van der Waals surface area (Å²) in [4.78, 5) is 29.7. The van der Waals surface area contributed by atoms with Crippen LogP contribution in [0.15, 0.2) is 46.9 Å². The molecule has 3 aliphatic rings. The maximum atomic E-state index is 13.1. The Morgan fingerprint density at radius 2 is 1.82 bits per heavy atom. The molecule has 0 aliphatic carbocycles. The molecular weight excluding hydrogens is 516 g/mol. The van der Waals surface area contributed by atoms with Gasteiger partial charge in [-0.3, -0.25) is 4.79 Å². The van der Waals surface area contributed by atoms with E-state index in [-0.39, 0.29) is 24.4 Å². The number of carbonyl (C=O) groups is 2. The number of hydrogen-bond donors (Lipinski definition) is 2. The number of anilines is 1. The number of aromatic nitrogens is 2. The maximum Gasteiger partial charge on any atom is 0.322 e. The SMILES string of the molecule is O=C(Cc1nnc(-c2cc(Cl)cc(C3CCNCC3)c2)o1)N1CCC(N2CCc3ccccc3NC2=O)CC1. The number of halogens is 1. The van der Waals surface area contributed by atoms with Crippen molar-refractivity contribution in [3.05, 3.63) is 64.5 Å². The summed E-state index contributed by atoms with van der Waals surface area (Å²) >= 11 is 6.43. The topological polar surface area (TPSA) is 104 Å². The number of fused-ring (bicyclic) bond motifs is 1. The lowest BCUT2D eigenvalue weighted by Gasteiger charge is -2.37. The Balaban J connectivity index is 1.05. The first kappa shape index (κ1) is 25.8. The summed E-state index contributed by atoms with van der Waals surface area (Å²) in [5, 5.41) is 15.4. The van der Waals surface area contributed by atoms with Crippen molar-refractivity contribution in [1.82, 2.24) is 25.3 Å². The first-order chi connectivity index (χ1) is 19.0. The van der Waals surface area contributed by atoms with Gasteiger partial charge in [-0.05, 0) is 86.5 Å². The van der Waals surface area contributed by atoms with Gasteiger partial charge in [-0.25, -0.2) is 4.79 Å². The molecule has 6 rings (SSSR count). The van der Waals surface area contributed by atoms with Crippen molar-refractivity contribution >= 4 is 29.2 Å². The number of urea groups is 1. The minimum Gasteiger partial charge on any atom is -0.420 e. The van der Waals surface area contributed by atoms with E-state index < -0.39 is 0 Å². The molecule has 3 aromatic rings. The van der Waals surface area contributed by atoms with E-state index >= 15 is 0 Å². The summed E-state index contributed by atoms with van der Waals surface area (Å²) < 4.78 is 5.90. The lowest BCUT2D eigenvalue weighted by Crippen LogP contribution is -2.50. The van der Waals surface area contributed by atoms with Gasteiger partial charge >= 0.3 is 6.03 Å². The quantitative estimate of drug-likeness (QED) is 0.487. The van der Waals surface area contributed by atoms with Crippen LogP contribution in [-0.2, 0) is 17.6 Å². The van der Waals surface area contributed by atoms with Crippen molar-refractivity contribution in [3.63, 3.8) is 0 Å². The predicted octanol–water partition coefficient (Wildman–Crippen LogP) is 4.48. The van der Waals surface area contributed by atoms with Gasteiger partial charge in [-0.2, -0.15) is 0 Å². The Hall–Kier alpha value is -3.43. The van der Waals surface area contributed by atoms with Gasteiger partial charge in [-0.1, -0.05) is 29.8 Å². The van der Waals surface area contributed by atoms with Crippen LogP contribution in [-0.4, -0.2) is 70.7 Å². The standard InChI is InChI=1S/C29H33ClN6O3/c30-23-16-21(19-5-10-31-11-6-19)15-22(17-23)28-34-33-26(39-28)18-27(37)35-12-8-24(9-13-35)36-14-7-20-3-1-2-4-25(20)32-29(36)38/h1-4,15-17,19,24,31H,5-14,18H2,(H,32,38). The number of likely N-dealkylation sites (tertiary alicyclic amines) is 1. The molecule has 2 N–H and O–H groups in total. The van der Waals surface area contributed by atoms with Crippen LogP contribution in [0.2, 0.25) is 5.02 Å². The third-order valence-corrected chi connectivity index (χ3v) is 8.36. The molecule has 3 aliphatic heterocycles. The highest BCUT2D eigenvalue weighted by atomic mass is 35.5. The van der Waals surface area contributed by atoms with Crippen molar-refractivity contribution in [1.29, 1.82) is 0 Å². The summed E-state index contributed by atoms with van der Waals surface area (Å²) in [6.45, 7) is 3.85. The van der Waals surface area contributed by atoms with Crippen LogP contribution in [0.5, 0.6) is 0 Å². The van der Waals surface area contributed by atoms with Crippen molar-refractivity contribution < 1.29 is 14.0 Å². The zero-order valence-corrected chi connectivity index (χ0v) is 22.6. The van der Waals surface area contributed by atoms with E-state index in [0.29, 0.717) is 42.4 Å². The molecule has 0 unspecified atom stereocenters. The molecule has 0 radical (unpaired) electrons. The number of carbonyl (C=O) groups excluding carboxylic acids is 2. The fraction of sp³-hybridized carbons (Fsp3) is 0.448. The van der Waals surface area contributed by atoms with Crippen molar-refractivity contribution in [3.8, 4) is 11.5 Å². The lowest BCUT2D eigenvalue weighted by molar-refractivity contribution is -0.132. The molecule has 4 heterocycles. The molecule has 1 aromatic heterocycles. The Kier molecular flexibility index (Phi) is 7.52. The normalized spacial score (nSPS) is 18.9. The van der Waals surface area contributed by atoms with Crippen LogP contribution in [0.1, 0.15) is 48.6 Å². The molecule has 0 saturated carbocycles. The minimum absolute atomic E-state index is 0.0436. The summed E-state index contributed by atoms with van der Waals surface area (Å²) in [5.41, 5.74) is 4.00. The van der Waals surface area contributed by atoms with Crippen LogP contribution in [0.3, 0.4) is 0 Å². The monoisotopic (exact) mass is 548 g/mol. The average molecular weight is 549 g/mol. The molecule has 9 nitrogen and oxygen atoms in total. The largest absolute Gasteiger partial charge is 0.420 e. The van der Waals surface area contributed by atoms with Gasteiger partial charge in [0.25, 0.3) is 0 Å². The summed E-state index contributed by atoms with van der Waals surface area (Å²) in [5.74, 6) is 1.08. The van der Waals surface area contributed by atoms with Gasteiger partial charge in [0.2, 0.25) is 17.7 Å². The Morgan fingerprint density at radius 1 is 1.03 bits per heavy atom. The van der Waals surface area contributed by atoms with E-state index in [1.165, 1.54) is 5.56 Å². The second kappa shape index (κ2) is 11.4. The molecule has 2 aromatic carbocycles. The first-order valence-electron chi connectivity index (χ1n) is 13.8. The van der Waals surface area contributed by atoms with Gasteiger partial charge in [0.05, 0.1) is 0 Å². The molecule has 10 heteroatoms. The summed E-state index contributed by atoms with van der Waals surface area (Å²) in [6, 6.07) is 13.9. The molecule has 204 valence electrons. The average Bonchev–Trinajstić information content (AvgIpc) is 3.35. The second-order valence-electron chi connectivity index (χ2n) is 10.6. The molecule has 39 heavy (non-hydrogen) atoms. The Bertz CT molecular complexity index is 1350.